The molecule has 0 N–H and O–H groups in total. The lowest BCUT2D eigenvalue weighted by atomic mass is 10.2. The Morgan fingerprint density at radius 1 is 1.06 bits per heavy atom. The van der Waals surface area contributed by atoms with E-state index in [0.717, 1.165) is 35.0 Å². The van der Waals surface area contributed by atoms with Gasteiger partial charge in [-0.15, -0.1) is 0 Å². The zero-order valence-corrected chi connectivity index (χ0v) is 12.0. The number of amides is 1. The molecular formula is C15H18BrNO. The van der Waals surface area contributed by atoms with Crippen LogP contribution in [0, 0.1) is 11.8 Å². The van der Waals surface area contributed by atoms with Gasteiger partial charge in [-0.2, -0.15) is 0 Å². The van der Waals surface area contributed by atoms with E-state index in [9.17, 15) is 4.79 Å². The van der Waals surface area contributed by atoms with Gasteiger partial charge < -0.3 is 4.90 Å². The highest BCUT2D eigenvalue weighted by Crippen LogP contribution is 2.34. The van der Waals surface area contributed by atoms with Crippen molar-refractivity contribution in [1.82, 2.24) is 4.90 Å². The number of carbonyl (C=O) groups is 1. The molecule has 0 spiro atoms. The zero-order chi connectivity index (χ0) is 12.5. The highest BCUT2D eigenvalue weighted by molar-refractivity contribution is 9.10. The number of carbonyl (C=O) groups excluding carboxylic acids is 1. The lowest BCUT2D eigenvalue weighted by Crippen LogP contribution is -2.34. The summed E-state index contributed by atoms with van der Waals surface area (Å²) in [6.45, 7) is 1.93. The first kappa shape index (κ1) is 12.2. The van der Waals surface area contributed by atoms with Gasteiger partial charge in [-0.05, 0) is 61.8 Å². The monoisotopic (exact) mass is 307 g/mol. The summed E-state index contributed by atoms with van der Waals surface area (Å²) < 4.78 is 1.02. The van der Waals surface area contributed by atoms with Crippen LogP contribution in [0.2, 0.25) is 0 Å². The van der Waals surface area contributed by atoms with Crippen molar-refractivity contribution in [2.24, 2.45) is 11.8 Å². The number of hydrogen-bond acceptors (Lipinski definition) is 1. The fourth-order valence-electron chi connectivity index (χ4n) is 2.24. The van der Waals surface area contributed by atoms with Gasteiger partial charge in [0.1, 0.15) is 0 Å². The van der Waals surface area contributed by atoms with Gasteiger partial charge in [-0.25, -0.2) is 0 Å². The summed E-state index contributed by atoms with van der Waals surface area (Å²) in [6, 6.07) is 7.72. The van der Waals surface area contributed by atoms with E-state index >= 15 is 0 Å². The molecule has 18 heavy (non-hydrogen) atoms. The Labute approximate surface area is 116 Å². The van der Waals surface area contributed by atoms with Crippen LogP contribution in [0.25, 0.3) is 0 Å². The Bertz CT molecular complexity index is 420. The van der Waals surface area contributed by atoms with Crippen LogP contribution >= 0.6 is 15.9 Å². The lowest BCUT2D eigenvalue weighted by Gasteiger charge is -2.22. The second kappa shape index (κ2) is 5.04. The van der Waals surface area contributed by atoms with Gasteiger partial charge in [0.25, 0.3) is 5.91 Å². The normalized spacial score (nSPS) is 18.7. The fraction of sp³-hybridized carbons (Fsp3) is 0.533. The molecule has 2 aliphatic rings. The molecule has 1 aromatic carbocycles. The maximum atomic E-state index is 12.5. The number of rotatable bonds is 5. The molecule has 2 nitrogen and oxygen atoms in total. The molecule has 0 aliphatic heterocycles. The van der Waals surface area contributed by atoms with Crippen LogP contribution < -0.4 is 0 Å². The SMILES string of the molecule is O=C(c1ccc(Br)cc1)N(CC1CC1)CC1CC1. The van der Waals surface area contributed by atoms with Crippen molar-refractivity contribution in [2.45, 2.75) is 25.7 Å². The molecule has 96 valence electrons. The van der Waals surface area contributed by atoms with Crippen molar-refractivity contribution < 1.29 is 4.79 Å². The van der Waals surface area contributed by atoms with Gasteiger partial charge in [0.15, 0.2) is 0 Å². The molecule has 3 heteroatoms. The zero-order valence-electron chi connectivity index (χ0n) is 10.4. The Hall–Kier alpha value is -0.830. The molecule has 3 rings (SSSR count). The van der Waals surface area contributed by atoms with E-state index in [2.05, 4.69) is 20.8 Å². The van der Waals surface area contributed by atoms with Crippen molar-refractivity contribution in [3.63, 3.8) is 0 Å². The van der Waals surface area contributed by atoms with E-state index in [4.69, 9.17) is 0 Å². The highest BCUT2D eigenvalue weighted by atomic mass is 79.9. The van der Waals surface area contributed by atoms with Crippen molar-refractivity contribution in [1.29, 1.82) is 0 Å². The smallest absolute Gasteiger partial charge is 0.253 e. The van der Waals surface area contributed by atoms with Crippen molar-refractivity contribution in [2.75, 3.05) is 13.1 Å². The topological polar surface area (TPSA) is 20.3 Å². The molecule has 1 aromatic rings. The van der Waals surface area contributed by atoms with E-state index in [0.29, 0.717) is 0 Å². The molecule has 2 saturated carbocycles. The van der Waals surface area contributed by atoms with Crippen LogP contribution in [0.5, 0.6) is 0 Å². The molecular weight excluding hydrogens is 290 g/mol. The Balaban J connectivity index is 1.70. The van der Waals surface area contributed by atoms with Gasteiger partial charge in [-0.1, -0.05) is 15.9 Å². The van der Waals surface area contributed by atoms with Gasteiger partial charge in [0, 0.05) is 23.1 Å². The molecule has 2 fully saturated rings. The molecule has 0 saturated heterocycles. The van der Waals surface area contributed by atoms with Crippen molar-refractivity contribution in [3.05, 3.63) is 34.3 Å². The van der Waals surface area contributed by atoms with Crippen molar-refractivity contribution in [3.8, 4) is 0 Å². The summed E-state index contributed by atoms with van der Waals surface area (Å²) in [5.41, 5.74) is 0.819. The van der Waals surface area contributed by atoms with Crippen LogP contribution in [0.15, 0.2) is 28.7 Å². The first-order valence-corrected chi connectivity index (χ1v) is 7.56. The second-order valence-corrected chi connectivity index (χ2v) is 6.52. The van der Waals surface area contributed by atoms with E-state index in [1.807, 2.05) is 24.3 Å². The average molecular weight is 308 g/mol. The molecule has 0 aromatic heterocycles. The molecule has 2 aliphatic carbocycles. The molecule has 0 radical (unpaired) electrons. The summed E-state index contributed by atoms with van der Waals surface area (Å²) in [7, 11) is 0. The largest absolute Gasteiger partial charge is 0.338 e. The molecule has 0 unspecified atom stereocenters. The highest BCUT2D eigenvalue weighted by Gasteiger charge is 2.31. The Morgan fingerprint density at radius 3 is 2.00 bits per heavy atom. The Morgan fingerprint density at radius 2 is 1.56 bits per heavy atom. The maximum absolute atomic E-state index is 12.5. The summed E-state index contributed by atoms with van der Waals surface area (Å²) in [4.78, 5) is 14.6. The standard InChI is InChI=1S/C15H18BrNO/c16-14-7-5-13(6-8-14)15(18)17(9-11-1-2-11)10-12-3-4-12/h5-8,11-12H,1-4,9-10H2. The predicted octanol–water partition coefficient (Wildman–Crippen LogP) is 3.71. The summed E-state index contributed by atoms with van der Waals surface area (Å²) >= 11 is 3.41. The minimum absolute atomic E-state index is 0.210. The van der Waals surface area contributed by atoms with Crippen molar-refractivity contribution >= 4 is 21.8 Å². The van der Waals surface area contributed by atoms with Crippen LogP contribution in [-0.2, 0) is 0 Å². The van der Waals surface area contributed by atoms with Gasteiger partial charge in [0.05, 0.1) is 0 Å². The average Bonchev–Trinajstić information content (AvgIpc) is 3.23. The molecule has 0 bridgehead atoms. The minimum Gasteiger partial charge on any atom is -0.338 e. The van der Waals surface area contributed by atoms with Gasteiger partial charge in [0.2, 0.25) is 0 Å². The Kier molecular flexibility index (Phi) is 3.42. The minimum atomic E-state index is 0.210. The lowest BCUT2D eigenvalue weighted by molar-refractivity contribution is 0.0739. The molecule has 0 atom stereocenters. The third-order valence-electron chi connectivity index (χ3n) is 3.73. The van der Waals surface area contributed by atoms with E-state index < -0.39 is 0 Å². The van der Waals surface area contributed by atoms with Crippen LogP contribution in [0.3, 0.4) is 0 Å². The number of nitrogens with zero attached hydrogens (tertiary/aromatic N) is 1. The predicted molar refractivity (Wildman–Crippen MR) is 75.5 cm³/mol. The fourth-order valence-corrected chi connectivity index (χ4v) is 2.50. The maximum Gasteiger partial charge on any atom is 0.253 e. The summed E-state index contributed by atoms with van der Waals surface area (Å²) in [5, 5.41) is 0. The van der Waals surface area contributed by atoms with Gasteiger partial charge >= 0.3 is 0 Å². The van der Waals surface area contributed by atoms with Crippen LogP contribution in [0.1, 0.15) is 36.0 Å². The quantitative estimate of drug-likeness (QED) is 0.812. The van der Waals surface area contributed by atoms with Crippen LogP contribution in [0.4, 0.5) is 0 Å². The number of benzene rings is 1. The molecule has 0 heterocycles. The first-order valence-electron chi connectivity index (χ1n) is 6.77. The third-order valence-corrected chi connectivity index (χ3v) is 4.26. The summed E-state index contributed by atoms with van der Waals surface area (Å²) in [5.74, 6) is 1.74. The molecule has 1 amide bonds. The van der Waals surface area contributed by atoms with E-state index in [1.165, 1.54) is 25.7 Å². The van der Waals surface area contributed by atoms with E-state index in [1.54, 1.807) is 0 Å². The van der Waals surface area contributed by atoms with Crippen LogP contribution in [-0.4, -0.2) is 23.9 Å². The third kappa shape index (κ3) is 3.14. The van der Waals surface area contributed by atoms with Gasteiger partial charge in [-0.3, -0.25) is 4.79 Å². The van der Waals surface area contributed by atoms with E-state index in [-0.39, 0.29) is 5.91 Å². The first-order chi connectivity index (χ1) is 8.72. The number of halogens is 1. The number of hydrogen-bond donors (Lipinski definition) is 0. The summed E-state index contributed by atoms with van der Waals surface area (Å²) in [6.07, 6.45) is 5.20. The second-order valence-electron chi connectivity index (χ2n) is 5.60.